The predicted molar refractivity (Wildman–Crippen MR) is 65.3 cm³/mol. The molecule has 0 radical (unpaired) electrons. The lowest BCUT2D eigenvalue weighted by Gasteiger charge is -2.16. The highest BCUT2D eigenvalue weighted by Gasteiger charge is 2.19. The zero-order valence-electron chi connectivity index (χ0n) is 9.59. The standard InChI is InChI=1S/C11H10ClN3O3/c1-2-14(6-5-13)11(16)8-3-4-9(12)10(7-8)15(17)18/h3-4,7H,2,6H2,1H3. The lowest BCUT2D eigenvalue weighted by atomic mass is 10.1. The highest BCUT2D eigenvalue weighted by atomic mass is 35.5. The summed E-state index contributed by atoms with van der Waals surface area (Å²) in [5.41, 5.74) is -0.182. The Morgan fingerprint density at radius 3 is 2.78 bits per heavy atom. The van der Waals surface area contributed by atoms with E-state index in [1.165, 1.54) is 17.0 Å². The van der Waals surface area contributed by atoms with Gasteiger partial charge in [-0.2, -0.15) is 5.26 Å². The van der Waals surface area contributed by atoms with Crippen molar-refractivity contribution in [2.24, 2.45) is 0 Å². The Hall–Kier alpha value is -2.13. The number of hydrogen-bond acceptors (Lipinski definition) is 4. The average Bonchev–Trinajstić information content (AvgIpc) is 2.35. The molecule has 0 aromatic heterocycles. The molecule has 6 nitrogen and oxygen atoms in total. The summed E-state index contributed by atoms with van der Waals surface area (Å²) < 4.78 is 0. The van der Waals surface area contributed by atoms with Gasteiger partial charge < -0.3 is 4.90 Å². The lowest BCUT2D eigenvalue weighted by Crippen LogP contribution is -2.31. The van der Waals surface area contributed by atoms with Crippen LogP contribution in [0.1, 0.15) is 17.3 Å². The largest absolute Gasteiger partial charge is 0.326 e. The molecule has 7 heteroatoms. The van der Waals surface area contributed by atoms with Gasteiger partial charge in [0.05, 0.1) is 11.0 Å². The van der Waals surface area contributed by atoms with Gasteiger partial charge >= 0.3 is 0 Å². The summed E-state index contributed by atoms with van der Waals surface area (Å²) in [5.74, 6) is -0.432. The van der Waals surface area contributed by atoms with Gasteiger partial charge in [0.2, 0.25) is 0 Å². The zero-order chi connectivity index (χ0) is 13.7. The van der Waals surface area contributed by atoms with Gasteiger partial charge in [-0.1, -0.05) is 11.6 Å². The summed E-state index contributed by atoms with van der Waals surface area (Å²) in [6.45, 7) is 2.01. The molecule has 0 saturated heterocycles. The Morgan fingerprint density at radius 2 is 2.28 bits per heavy atom. The molecule has 0 fully saturated rings. The van der Waals surface area contributed by atoms with Gasteiger partial charge in [-0.15, -0.1) is 0 Å². The van der Waals surface area contributed by atoms with Crippen LogP contribution in [0.5, 0.6) is 0 Å². The van der Waals surface area contributed by atoms with E-state index in [1.807, 2.05) is 6.07 Å². The van der Waals surface area contributed by atoms with E-state index >= 15 is 0 Å². The minimum absolute atomic E-state index is 0.0279. The number of nitro benzene ring substituents is 1. The van der Waals surface area contributed by atoms with Gasteiger partial charge in [0.15, 0.2) is 0 Å². The van der Waals surface area contributed by atoms with E-state index in [2.05, 4.69) is 0 Å². The zero-order valence-corrected chi connectivity index (χ0v) is 10.3. The van der Waals surface area contributed by atoms with Crippen LogP contribution in [0.2, 0.25) is 5.02 Å². The molecule has 0 N–H and O–H groups in total. The first-order chi connectivity index (χ1) is 8.51. The van der Waals surface area contributed by atoms with E-state index in [0.717, 1.165) is 6.07 Å². The number of amides is 1. The first-order valence-corrected chi connectivity index (χ1v) is 5.49. The van der Waals surface area contributed by atoms with Crippen LogP contribution in [0.3, 0.4) is 0 Å². The molecule has 1 amide bonds. The number of rotatable bonds is 4. The van der Waals surface area contributed by atoms with Crippen molar-refractivity contribution in [1.29, 1.82) is 5.26 Å². The Bertz CT molecular complexity index is 525. The number of hydrogen-bond donors (Lipinski definition) is 0. The summed E-state index contributed by atoms with van der Waals surface area (Å²) in [6.07, 6.45) is 0. The van der Waals surface area contributed by atoms with E-state index in [0.29, 0.717) is 6.54 Å². The van der Waals surface area contributed by atoms with Crippen LogP contribution >= 0.6 is 11.6 Å². The lowest BCUT2D eigenvalue weighted by molar-refractivity contribution is -0.384. The second-order valence-corrected chi connectivity index (χ2v) is 3.81. The third-order valence-corrected chi connectivity index (χ3v) is 2.64. The molecule has 0 aliphatic carbocycles. The number of benzene rings is 1. The third kappa shape index (κ3) is 2.96. The van der Waals surface area contributed by atoms with Crippen molar-refractivity contribution in [2.45, 2.75) is 6.92 Å². The Morgan fingerprint density at radius 1 is 1.61 bits per heavy atom. The van der Waals surface area contributed by atoms with Crippen LogP contribution in [0.4, 0.5) is 5.69 Å². The van der Waals surface area contributed by atoms with Crippen molar-refractivity contribution < 1.29 is 9.72 Å². The van der Waals surface area contributed by atoms with Crippen molar-refractivity contribution in [3.8, 4) is 6.07 Å². The topological polar surface area (TPSA) is 87.2 Å². The molecule has 18 heavy (non-hydrogen) atoms. The molecule has 0 unspecified atom stereocenters. The van der Waals surface area contributed by atoms with Gasteiger partial charge in [-0.05, 0) is 19.1 Å². The third-order valence-electron chi connectivity index (χ3n) is 2.32. The number of carbonyl (C=O) groups excluding carboxylic acids is 1. The van der Waals surface area contributed by atoms with Gasteiger partial charge in [0.1, 0.15) is 11.6 Å². The Balaban J connectivity index is 3.11. The van der Waals surface area contributed by atoms with E-state index in [1.54, 1.807) is 6.92 Å². The molecular formula is C11H10ClN3O3. The molecule has 0 atom stereocenters. The summed E-state index contributed by atoms with van der Waals surface area (Å²) in [6, 6.07) is 5.68. The predicted octanol–water partition coefficient (Wildman–Crippen LogP) is 2.23. The first-order valence-electron chi connectivity index (χ1n) is 5.11. The van der Waals surface area contributed by atoms with Crippen molar-refractivity contribution >= 4 is 23.2 Å². The van der Waals surface area contributed by atoms with Crippen LogP contribution < -0.4 is 0 Å². The quantitative estimate of drug-likeness (QED) is 0.475. The molecule has 0 spiro atoms. The molecule has 1 aromatic rings. The molecule has 0 aliphatic heterocycles. The van der Waals surface area contributed by atoms with Gasteiger partial charge in [0.25, 0.3) is 11.6 Å². The summed E-state index contributed by atoms with van der Waals surface area (Å²) in [5, 5.41) is 19.3. The second kappa shape index (κ2) is 5.98. The molecular weight excluding hydrogens is 258 g/mol. The van der Waals surface area contributed by atoms with Gasteiger partial charge in [-0.25, -0.2) is 0 Å². The Kier molecular flexibility index (Phi) is 4.63. The number of nitriles is 1. The maximum atomic E-state index is 12.0. The monoisotopic (exact) mass is 267 g/mol. The smallest absolute Gasteiger partial charge is 0.288 e. The molecule has 0 bridgehead atoms. The van der Waals surface area contributed by atoms with Crippen molar-refractivity contribution in [1.82, 2.24) is 4.90 Å². The van der Waals surface area contributed by atoms with E-state index in [4.69, 9.17) is 16.9 Å². The number of nitrogens with zero attached hydrogens (tertiary/aromatic N) is 3. The van der Waals surface area contributed by atoms with Crippen LogP contribution in [-0.2, 0) is 0 Å². The van der Waals surface area contributed by atoms with E-state index in [-0.39, 0.29) is 22.8 Å². The molecule has 1 aromatic carbocycles. The molecule has 0 aliphatic rings. The van der Waals surface area contributed by atoms with Crippen LogP contribution in [-0.4, -0.2) is 28.8 Å². The maximum absolute atomic E-state index is 12.0. The van der Waals surface area contributed by atoms with E-state index < -0.39 is 10.8 Å². The molecule has 0 heterocycles. The number of halogens is 1. The summed E-state index contributed by atoms with van der Waals surface area (Å²) in [4.78, 5) is 23.3. The fourth-order valence-electron chi connectivity index (χ4n) is 1.38. The van der Waals surface area contributed by atoms with Crippen molar-refractivity contribution in [3.63, 3.8) is 0 Å². The van der Waals surface area contributed by atoms with Crippen molar-refractivity contribution in [2.75, 3.05) is 13.1 Å². The summed E-state index contributed by atoms with van der Waals surface area (Å²) >= 11 is 5.65. The van der Waals surface area contributed by atoms with Crippen LogP contribution in [0.15, 0.2) is 18.2 Å². The fourth-order valence-corrected chi connectivity index (χ4v) is 1.57. The minimum Gasteiger partial charge on any atom is -0.326 e. The molecule has 94 valence electrons. The first kappa shape index (κ1) is 13.9. The average molecular weight is 268 g/mol. The highest BCUT2D eigenvalue weighted by molar-refractivity contribution is 6.32. The molecule has 0 saturated carbocycles. The Labute approximate surface area is 109 Å². The SMILES string of the molecule is CCN(CC#N)C(=O)c1ccc(Cl)c([N+](=O)[O-])c1. The van der Waals surface area contributed by atoms with E-state index in [9.17, 15) is 14.9 Å². The molecule has 1 rings (SSSR count). The number of nitro groups is 1. The highest BCUT2D eigenvalue weighted by Crippen LogP contribution is 2.25. The number of carbonyl (C=O) groups is 1. The maximum Gasteiger partial charge on any atom is 0.288 e. The van der Waals surface area contributed by atoms with Crippen LogP contribution in [0, 0.1) is 21.4 Å². The summed E-state index contributed by atoms with van der Waals surface area (Å²) in [7, 11) is 0. The second-order valence-electron chi connectivity index (χ2n) is 3.40. The van der Waals surface area contributed by atoms with Gasteiger partial charge in [0, 0.05) is 18.2 Å². The minimum atomic E-state index is -0.653. The van der Waals surface area contributed by atoms with Gasteiger partial charge in [-0.3, -0.25) is 14.9 Å². The van der Waals surface area contributed by atoms with Crippen molar-refractivity contribution in [3.05, 3.63) is 38.9 Å². The fraction of sp³-hybridized carbons (Fsp3) is 0.273. The normalized spacial score (nSPS) is 9.61. The van der Waals surface area contributed by atoms with Crippen LogP contribution in [0.25, 0.3) is 0 Å².